The molecule has 0 aliphatic heterocycles. The lowest BCUT2D eigenvalue weighted by molar-refractivity contribution is -0.124. The second-order valence-electron chi connectivity index (χ2n) is 10.3. The second kappa shape index (κ2) is 14.1. The molecule has 2 atom stereocenters. The first-order chi connectivity index (χ1) is 18.2. The van der Waals surface area contributed by atoms with Crippen molar-refractivity contribution in [3.63, 3.8) is 0 Å². The number of ketones is 1. The van der Waals surface area contributed by atoms with E-state index in [0.717, 1.165) is 11.1 Å². The molecule has 0 bridgehead atoms. The van der Waals surface area contributed by atoms with Gasteiger partial charge in [0.2, 0.25) is 11.7 Å². The number of amides is 2. The molecule has 2 aromatic carbocycles. The lowest BCUT2D eigenvalue weighted by Gasteiger charge is -2.24. The standard InChI is InChI=1S/C30H38N4O4/c1-21(2)17-25(27(35)28-31-15-16-34(28)19-23-11-7-5-8-12-23)32-29(36)26(18-22(3)4)33-30(37)38-20-24-13-9-6-10-14-24/h5-16,21-22,25-26H,17-20H2,1-4H3,(H,32,36)(H,33,37)/t25-,26-/m0/s1. The summed E-state index contributed by atoms with van der Waals surface area (Å²) in [4.78, 5) is 43.8. The van der Waals surface area contributed by atoms with Gasteiger partial charge in [-0.3, -0.25) is 9.59 Å². The minimum absolute atomic E-state index is 0.0984. The lowest BCUT2D eigenvalue weighted by Crippen LogP contribution is -2.52. The van der Waals surface area contributed by atoms with Crippen LogP contribution in [0.25, 0.3) is 0 Å². The summed E-state index contributed by atoms with van der Waals surface area (Å²) >= 11 is 0. The molecule has 3 rings (SSSR count). The molecule has 3 aromatic rings. The summed E-state index contributed by atoms with van der Waals surface area (Å²) in [7, 11) is 0. The van der Waals surface area contributed by atoms with Crippen LogP contribution in [0.1, 0.15) is 62.3 Å². The number of ether oxygens (including phenoxy) is 1. The topological polar surface area (TPSA) is 102 Å². The van der Waals surface area contributed by atoms with Crippen LogP contribution in [-0.4, -0.2) is 39.4 Å². The zero-order chi connectivity index (χ0) is 27.5. The first kappa shape index (κ1) is 28.6. The van der Waals surface area contributed by atoms with Crippen molar-refractivity contribution < 1.29 is 19.1 Å². The number of hydrogen-bond acceptors (Lipinski definition) is 5. The Bertz CT molecular complexity index is 1180. The number of imidazole rings is 1. The van der Waals surface area contributed by atoms with E-state index >= 15 is 0 Å². The zero-order valence-corrected chi connectivity index (χ0v) is 22.6. The molecule has 2 N–H and O–H groups in total. The van der Waals surface area contributed by atoms with Crippen molar-refractivity contribution in [2.24, 2.45) is 11.8 Å². The normalized spacial score (nSPS) is 12.7. The summed E-state index contributed by atoms with van der Waals surface area (Å²) in [6.45, 7) is 8.51. The predicted molar refractivity (Wildman–Crippen MR) is 146 cm³/mol. The highest BCUT2D eigenvalue weighted by molar-refractivity contribution is 6.00. The second-order valence-corrected chi connectivity index (χ2v) is 10.3. The van der Waals surface area contributed by atoms with Crippen molar-refractivity contribution in [2.45, 2.75) is 65.8 Å². The van der Waals surface area contributed by atoms with Crippen molar-refractivity contribution in [2.75, 3.05) is 0 Å². The number of aromatic nitrogens is 2. The number of alkyl carbamates (subject to hydrolysis) is 1. The summed E-state index contributed by atoms with van der Waals surface area (Å²) in [5.74, 6) is -0.118. The maximum Gasteiger partial charge on any atom is 0.408 e. The van der Waals surface area contributed by atoms with Crippen molar-refractivity contribution in [1.29, 1.82) is 0 Å². The maximum atomic E-state index is 13.6. The van der Waals surface area contributed by atoms with Gasteiger partial charge in [0.25, 0.3) is 0 Å². The van der Waals surface area contributed by atoms with Crippen LogP contribution in [0.2, 0.25) is 0 Å². The van der Waals surface area contributed by atoms with E-state index in [1.807, 2.05) is 88.4 Å². The average molecular weight is 519 g/mol. The van der Waals surface area contributed by atoms with Gasteiger partial charge in [-0.25, -0.2) is 9.78 Å². The molecule has 0 radical (unpaired) electrons. The van der Waals surface area contributed by atoms with E-state index in [0.29, 0.717) is 19.4 Å². The van der Waals surface area contributed by atoms with Crippen LogP contribution < -0.4 is 10.6 Å². The molecule has 1 aromatic heterocycles. The largest absolute Gasteiger partial charge is 0.445 e. The van der Waals surface area contributed by atoms with Crippen LogP contribution in [0.15, 0.2) is 73.1 Å². The van der Waals surface area contributed by atoms with Gasteiger partial charge in [-0.1, -0.05) is 88.4 Å². The van der Waals surface area contributed by atoms with Gasteiger partial charge < -0.3 is 19.9 Å². The van der Waals surface area contributed by atoms with E-state index in [1.165, 1.54) is 0 Å². The fourth-order valence-electron chi connectivity index (χ4n) is 4.18. The molecule has 38 heavy (non-hydrogen) atoms. The third-order valence-electron chi connectivity index (χ3n) is 6.00. The third kappa shape index (κ3) is 8.87. The first-order valence-corrected chi connectivity index (χ1v) is 13.1. The monoisotopic (exact) mass is 518 g/mol. The minimum Gasteiger partial charge on any atom is -0.445 e. The van der Waals surface area contributed by atoms with E-state index in [4.69, 9.17) is 4.74 Å². The minimum atomic E-state index is -0.843. The third-order valence-corrected chi connectivity index (χ3v) is 6.00. The molecule has 8 nitrogen and oxygen atoms in total. The molecule has 0 aliphatic rings. The molecule has 2 amide bonds. The Morgan fingerprint density at radius 2 is 1.39 bits per heavy atom. The summed E-state index contributed by atoms with van der Waals surface area (Å²) in [5.41, 5.74) is 1.89. The Labute approximate surface area is 224 Å². The fourth-order valence-corrected chi connectivity index (χ4v) is 4.18. The highest BCUT2D eigenvalue weighted by Crippen LogP contribution is 2.14. The molecular weight excluding hydrogens is 480 g/mol. The molecular formula is C30H38N4O4. The number of carbonyl (C=O) groups is 3. The summed E-state index contributed by atoms with van der Waals surface area (Å²) < 4.78 is 7.12. The first-order valence-electron chi connectivity index (χ1n) is 13.1. The predicted octanol–water partition coefficient (Wildman–Crippen LogP) is 4.99. The van der Waals surface area contributed by atoms with E-state index < -0.39 is 24.1 Å². The van der Waals surface area contributed by atoms with Gasteiger partial charge in [0, 0.05) is 18.9 Å². The zero-order valence-electron chi connectivity index (χ0n) is 22.6. The quantitative estimate of drug-likeness (QED) is 0.311. The van der Waals surface area contributed by atoms with Crippen LogP contribution in [0, 0.1) is 11.8 Å². The lowest BCUT2D eigenvalue weighted by atomic mass is 9.98. The highest BCUT2D eigenvalue weighted by Gasteiger charge is 2.30. The number of hydrogen-bond donors (Lipinski definition) is 2. The smallest absolute Gasteiger partial charge is 0.408 e. The maximum absolute atomic E-state index is 13.6. The number of carbonyl (C=O) groups excluding carboxylic acids is 3. The number of Topliss-reactive ketones (excluding diaryl/α,β-unsaturated/α-hetero) is 1. The van der Waals surface area contributed by atoms with E-state index in [2.05, 4.69) is 15.6 Å². The molecule has 0 saturated carbocycles. The number of rotatable bonds is 13. The Morgan fingerprint density at radius 1 is 0.816 bits per heavy atom. The molecule has 0 saturated heterocycles. The van der Waals surface area contributed by atoms with Crippen molar-refractivity contribution in [1.82, 2.24) is 20.2 Å². The van der Waals surface area contributed by atoms with Crippen LogP contribution in [0.3, 0.4) is 0 Å². The number of benzene rings is 2. The highest BCUT2D eigenvalue weighted by atomic mass is 16.5. The molecule has 0 unspecified atom stereocenters. The SMILES string of the molecule is CC(C)C[C@H](NC(=O)OCc1ccccc1)C(=O)N[C@@H](CC(C)C)C(=O)c1nccn1Cc1ccccc1. The molecule has 0 spiro atoms. The van der Waals surface area contributed by atoms with Gasteiger partial charge in [0.05, 0.1) is 6.04 Å². The van der Waals surface area contributed by atoms with Gasteiger partial charge in [-0.15, -0.1) is 0 Å². The van der Waals surface area contributed by atoms with Gasteiger partial charge in [-0.05, 0) is 35.8 Å². The molecule has 1 heterocycles. The van der Waals surface area contributed by atoms with Crippen LogP contribution >= 0.6 is 0 Å². The molecule has 0 fully saturated rings. The Kier molecular flexibility index (Phi) is 10.6. The van der Waals surface area contributed by atoms with Gasteiger partial charge in [0.1, 0.15) is 12.6 Å². The van der Waals surface area contributed by atoms with E-state index in [1.54, 1.807) is 17.0 Å². The Balaban J connectivity index is 1.71. The van der Waals surface area contributed by atoms with E-state index in [9.17, 15) is 14.4 Å². The summed E-state index contributed by atoms with van der Waals surface area (Å²) in [6.07, 6.45) is 3.52. The summed E-state index contributed by atoms with van der Waals surface area (Å²) in [6, 6.07) is 17.5. The average Bonchev–Trinajstić information content (AvgIpc) is 3.35. The van der Waals surface area contributed by atoms with Gasteiger partial charge >= 0.3 is 6.09 Å². The number of nitrogens with zero attached hydrogens (tertiary/aromatic N) is 2. The Morgan fingerprint density at radius 3 is 2.00 bits per heavy atom. The number of nitrogens with one attached hydrogen (secondary N) is 2. The van der Waals surface area contributed by atoms with Crippen LogP contribution in [0.5, 0.6) is 0 Å². The van der Waals surface area contributed by atoms with Gasteiger partial charge in [0.15, 0.2) is 5.82 Å². The van der Waals surface area contributed by atoms with Crippen LogP contribution in [0.4, 0.5) is 4.79 Å². The van der Waals surface area contributed by atoms with Crippen molar-refractivity contribution >= 4 is 17.8 Å². The van der Waals surface area contributed by atoms with E-state index in [-0.39, 0.29) is 30.1 Å². The van der Waals surface area contributed by atoms with Crippen molar-refractivity contribution in [3.05, 3.63) is 90.0 Å². The van der Waals surface area contributed by atoms with Crippen molar-refractivity contribution in [3.8, 4) is 0 Å². The molecule has 202 valence electrons. The Hall–Kier alpha value is -3.94. The molecule has 0 aliphatic carbocycles. The van der Waals surface area contributed by atoms with Gasteiger partial charge in [-0.2, -0.15) is 0 Å². The van der Waals surface area contributed by atoms with Crippen LogP contribution in [-0.2, 0) is 22.7 Å². The fraction of sp³-hybridized carbons (Fsp3) is 0.400. The molecule has 8 heteroatoms. The summed E-state index contributed by atoms with van der Waals surface area (Å²) in [5, 5.41) is 5.59.